The Morgan fingerprint density at radius 1 is 1.17 bits per heavy atom. The summed E-state index contributed by atoms with van der Waals surface area (Å²) in [5.74, 6) is 0.590. The van der Waals surface area contributed by atoms with Gasteiger partial charge in [-0.05, 0) is 64.3 Å². The maximum atomic E-state index is 12.6. The van der Waals surface area contributed by atoms with Gasteiger partial charge in [0.25, 0.3) is 5.91 Å². The molecule has 0 aliphatic carbocycles. The molecule has 0 saturated carbocycles. The van der Waals surface area contributed by atoms with E-state index >= 15 is 0 Å². The molecule has 2 rings (SSSR count). The summed E-state index contributed by atoms with van der Waals surface area (Å²) in [5.41, 5.74) is 1.18. The van der Waals surface area contributed by atoms with Crippen molar-refractivity contribution < 1.29 is 9.59 Å². The predicted molar refractivity (Wildman–Crippen MR) is 97.2 cm³/mol. The average molecular weight is 331 g/mol. The van der Waals surface area contributed by atoms with Gasteiger partial charge in [-0.3, -0.25) is 9.59 Å². The first-order chi connectivity index (χ1) is 11.7. The zero-order valence-electron chi connectivity index (χ0n) is 14.8. The molecule has 24 heavy (non-hydrogen) atoms. The summed E-state index contributed by atoms with van der Waals surface area (Å²) < 4.78 is 0. The van der Waals surface area contributed by atoms with Gasteiger partial charge in [-0.2, -0.15) is 0 Å². The molecule has 0 aromatic heterocycles. The molecule has 1 aromatic rings. The van der Waals surface area contributed by atoms with Crippen molar-refractivity contribution in [2.75, 3.05) is 31.5 Å². The second-order valence-electron chi connectivity index (χ2n) is 6.30. The monoisotopic (exact) mass is 331 g/mol. The van der Waals surface area contributed by atoms with E-state index in [1.54, 1.807) is 17.0 Å². The molecule has 0 unspecified atom stereocenters. The molecular formula is C19H29N3O2. The van der Waals surface area contributed by atoms with Crippen LogP contribution in [0, 0.1) is 5.92 Å². The minimum absolute atomic E-state index is 0.00618. The van der Waals surface area contributed by atoms with Crippen molar-refractivity contribution in [2.24, 2.45) is 5.92 Å². The van der Waals surface area contributed by atoms with Gasteiger partial charge < -0.3 is 15.5 Å². The zero-order valence-corrected chi connectivity index (χ0v) is 14.8. The fourth-order valence-corrected chi connectivity index (χ4v) is 3.18. The summed E-state index contributed by atoms with van der Waals surface area (Å²) in [4.78, 5) is 26.6. The molecule has 5 heteroatoms. The van der Waals surface area contributed by atoms with Crippen LogP contribution in [0.4, 0.5) is 5.69 Å². The Morgan fingerprint density at radius 2 is 1.83 bits per heavy atom. The van der Waals surface area contributed by atoms with E-state index in [0.29, 0.717) is 36.7 Å². The molecule has 1 saturated heterocycles. The Bertz CT molecular complexity index is 549. The lowest BCUT2D eigenvalue weighted by Crippen LogP contribution is -2.31. The smallest absolute Gasteiger partial charge is 0.255 e. The van der Waals surface area contributed by atoms with E-state index in [1.807, 2.05) is 26.0 Å². The minimum Gasteiger partial charge on any atom is -0.339 e. The summed E-state index contributed by atoms with van der Waals surface area (Å²) in [5, 5.41) is 6.27. The molecule has 0 bridgehead atoms. The van der Waals surface area contributed by atoms with Gasteiger partial charge in [0.05, 0.1) is 11.3 Å². The van der Waals surface area contributed by atoms with Crippen LogP contribution in [0.3, 0.4) is 0 Å². The van der Waals surface area contributed by atoms with Gasteiger partial charge in [0.1, 0.15) is 0 Å². The highest BCUT2D eigenvalue weighted by molar-refractivity contribution is 6.03. The molecule has 1 heterocycles. The first-order valence-corrected chi connectivity index (χ1v) is 9.04. The third-order valence-electron chi connectivity index (χ3n) is 4.72. The summed E-state index contributed by atoms with van der Waals surface area (Å²) in [7, 11) is 0. The molecule has 2 N–H and O–H groups in total. The van der Waals surface area contributed by atoms with Crippen molar-refractivity contribution in [1.29, 1.82) is 0 Å². The number of nitrogens with zero attached hydrogens (tertiary/aromatic N) is 1. The first-order valence-electron chi connectivity index (χ1n) is 9.04. The fourth-order valence-electron chi connectivity index (χ4n) is 3.18. The van der Waals surface area contributed by atoms with Crippen LogP contribution in [0.5, 0.6) is 0 Å². The van der Waals surface area contributed by atoms with E-state index in [0.717, 1.165) is 32.4 Å². The lowest BCUT2D eigenvalue weighted by atomic mass is 9.93. The highest BCUT2D eigenvalue weighted by atomic mass is 16.2. The largest absolute Gasteiger partial charge is 0.339 e. The van der Waals surface area contributed by atoms with Gasteiger partial charge in [0.15, 0.2) is 0 Å². The average Bonchev–Trinajstić information content (AvgIpc) is 2.62. The summed E-state index contributed by atoms with van der Waals surface area (Å²) in [6.07, 6.45) is 3.72. The van der Waals surface area contributed by atoms with Crippen molar-refractivity contribution in [1.82, 2.24) is 10.2 Å². The van der Waals surface area contributed by atoms with E-state index < -0.39 is 0 Å². The summed E-state index contributed by atoms with van der Waals surface area (Å²) >= 11 is 0. The van der Waals surface area contributed by atoms with Gasteiger partial charge in [0.2, 0.25) is 5.91 Å². The van der Waals surface area contributed by atoms with E-state index in [2.05, 4.69) is 10.6 Å². The standard InChI is InChI=1S/C19H29N3O2/c1-3-22(4-2)19(24)16-7-5-6-8-17(16)21-18(23)10-9-15-11-13-20-14-12-15/h5-8,15,20H,3-4,9-14H2,1-2H3,(H,21,23). The van der Waals surface area contributed by atoms with Crippen LogP contribution in [-0.2, 0) is 4.79 Å². The van der Waals surface area contributed by atoms with Crippen LogP contribution in [0.15, 0.2) is 24.3 Å². The molecular weight excluding hydrogens is 302 g/mol. The first kappa shape index (κ1) is 18.5. The van der Waals surface area contributed by atoms with Crippen LogP contribution in [0.2, 0.25) is 0 Å². The number of hydrogen-bond acceptors (Lipinski definition) is 3. The molecule has 1 aromatic carbocycles. The second kappa shape index (κ2) is 9.42. The number of anilines is 1. The highest BCUT2D eigenvalue weighted by Crippen LogP contribution is 2.20. The summed E-state index contributed by atoms with van der Waals surface area (Å²) in [6.45, 7) is 7.34. The number of para-hydroxylation sites is 1. The number of carbonyl (C=O) groups is 2. The molecule has 0 atom stereocenters. The third-order valence-corrected chi connectivity index (χ3v) is 4.72. The number of rotatable bonds is 7. The molecule has 2 amide bonds. The Balaban J connectivity index is 1.96. The van der Waals surface area contributed by atoms with E-state index in [-0.39, 0.29) is 11.8 Å². The van der Waals surface area contributed by atoms with E-state index in [4.69, 9.17) is 0 Å². The van der Waals surface area contributed by atoms with Crippen LogP contribution >= 0.6 is 0 Å². The van der Waals surface area contributed by atoms with Crippen LogP contribution in [0.25, 0.3) is 0 Å². The van der Waals surface area contributed by atoms with Crippen molar-refractivity contribution in [2.45, 2.75) is 39.5 Å². The van der Waals surface area contributed by atoms with Gasteiger partial charge in [0, 0.05) is 19.5 Å². The van der Waals surface area contributed by atoms with Crippen LogP contribution in [-0.4, -0.2) is 42.9 Å². The molecule has 1 aliphatic heterocycles. The maximum absolute atomic E-state index is 12.6. The zero-order chi connectivity index (χ0) is 17.4. The summed E-state index contributed by atoms with van der Waals surface area (Å²) in [6, 6.07) is 7.27. The molecule has 1 aliphatic rings. The number of carbonyl (C=O) groups excluding carboxylic acids is 2. The van der Waals surface area contributed by atoms with Gasteiger partial charge in [-0.25, -0.2) is 0 Å². The predicted octanol–water partition coefficient (Wildman–Crippen LogP) is 2.89. The second-order valence-corrected chi connectivity index (χ2v) is 6.30. The van der Waals surface area contributed by atoms with Crippen molar-refractivity contribution in [3.8, 4) is 0 Å². The van der Waals surface area contributed by atoms with Crippen LogP contribution in [0.1, 0.15) is 49.9 Å². The molecule has 0 spiro atoms. The Kier molecular flexibility index (Phi) is 7.25. The SMILES string of the molecule is CCN(CC)C(=O)c1ccccc1NC(=O)CCC1CCNCC1. The topological polar surface area (TPSA) is 61.4 Å². The number of nitrogens with one attached hydrogen (secondary N) is 2. The number of amides is 2. The van der Waals surface area contributed by atoms with Gasteiger partial charge in [-0.1, -0.05) is 12.1 Å². The van der Waals surface area contributed by atoms with Gasteiger partial charge >= 0.3 is 0 Å². The van der Waals surface area contributed by atoms with E-state index in [9.17, 15) is 9.59 Å². The lowest BCUT2D eigenvalue weighted by Gasteiger charge is -2.22. The Morgan fingerprint density at radius 3 is 2.50 bits per heavy atom. The Hall–Kier alpha value is -1.88. The molecule has 132 valence electrons. The van der Waals surface area contributed by atoms with Crippen molar-refractivity contribution in [3.05, 3.63) is 29.8 Å². The normalized spacial score (nSPS) is 15.1. The number of piperidine rings is 1. The fraction of sp³-hybridized carbons (Fsp3) is 0.579. The maximum Gasteiger partial charge on any atom is 0.255 e. The van der Waals surface area contributed by atoms with Gasteiger partial charge in [-0.15, -0.1) is 0 Å². The highest BCUT2D eigenvalue weighted by Gasteiger charge is 2.18. The van der Waals surface area contributed by atoms with E-state index in [1.165, 1.54) is 0 Å². The lowest BCUT2D eigenvalue weighted by molar-refractivity contribution is -0.116. The molecule has 5 nitrogen and oxygen atoms in total. The number of hydrogen-bond donors (Lipinski definition) is 2. The molecule has 1 fully saturated rings. The van der Waals surface area contributed by atoms with Crippen molar-refractivity contribution >= 4 is 17.5 Å². The number of benzene rings is 1. The Labute approximate surface area is 144 Å². The van der Waals surface area contributed by atoms with Crippen LogP contribution < -0.4 is 10.6 Å². The third kappa shape index (κ3) is 5.06. The molecule has 0 radical (unpaired) electrons. The van der Waals surface area contributed by atoms with Crippen molar-refractivity contribution in [3.63, 3.8) is 0 Å². The quantitative estimate of drug-likeness (QED) is 0.807. The minimum atomic E-state index is -0.0331.